The van der Waals surface area contributed by atoms with Crippen molar-refractivity contribution in [1.29, 1.82) is 0 Å². The van der Waals surface area contributed by atoms with Gasteiger partial charge in [-0.2, -0.15) is 0 Å². The molecule has 0 aliphatic carbocycles. The Morgan fingerprint density at radius 2 is 2.24 bits per heavy atom. The molecule has 0 amide bonds. The van der Waals surface area contributed by atoms with E-state index >= 15 is 0 Å². The molecule has 0 unspecified atom stereocenters. The van der Waals surface area contributed by atoms with E-state index in [1.807, 2.05) is 21.2 Å². The number of halogens is 1. The predicted molar refractivity (Wildman–Crippen MR) is 78.0 cm³/mol. The summed E-state index contributed by atoms with van der Waals surface area (Å²) in [4.78, 5) is 0. The first-order chi connectivity index (χ1) is 8.01. The van der Waals surface area contributed by atoms with Gasteiger partial charge in [0.05, 0.1) is 9.21 Å². The summed E-state index contributed by atoms with van der Waals surface area (Å²) in [5, 5.41) is 9.08. The number of ether oxygens (including phenoxy) is 1. The average molecular weight is 356 g/mol. The highest BCUT2D eigenvalue weighted by Crippen LogP contribution is 2.15. The van der Waals surface area contributed by atoms with Gasteiger partial charge >= 0.3 is 0 Å². The minimum absolute atomic E-state index is 0.330. The van der Waals surface area contributed by atoms with Crippen molar-refractivity contribution in [3.05, 3.63) is 29.8 Å². The van der Waals surface area contributed by atoms with Gasteiger partial charge < -0.3 is 9.84 Å². The first-order valence-corrected chi connectivity index (χ1v) is 7.78. The summed E-state index contributed by atoms with van der Waals surface area (Å²) in [6.07, 6.45) is 0. The Hall–Kier alpha value is -0.290. The summed E-state index contributed by atoms with van der Waals surface area (Å²) >= 11 is 2.01. The number of hydrogen-bond acceptors (Lipinski definition) is 4. The highest BCUT2D eigenvalue weighted by atomic mass is 127. The van der Waals surface area contributed by atoms with Gasteiger partial charge in [-0.3, -0.25) is 4.18 Å². The standard InChI is InChI=1S/C10H7B2IO3S/c11-10(12,14)16-9-5-1-3-8(7-9)4-2-6-15-17-13/h1,3,5,7,14H,6H2. The molecule has 17 heavy (non-hydrogen) atoms. The average Bonchev–Trinajstić information content (AvgIpc) is 2.23. The van der Waals surface area contributed by atoms with Gasteiger partial charge in [0, 0.05) is 26.8 Å². The summed E-state index contributed by atoms with van der Waals surface area (Å²) in [7, 11) is 11.4. The van der Waals surface area contributed by atoms with Crippen LogP contribution in [0.2, 0.25) is 0 Å². The molecule has 1 N–H and O–H groups in total. The minimum Gasteiger partial charge on any atom is -0.482 e. The Bertz CT molecular complexity index is 426. The van der Waals surface area contributed by atoms with Crippen molar-refractivity contribution < 1.29 is 14.0 Å². The van der Waals surface area contributed by atoms with Crippen molar-refractivity contribution in [2.24, 2.45) is 0 Å². The summed E-state index contributed by atoms with van der Waals surface area (Å²) < 4.78 is 9.86. The highest BCUT2D eigenvalue weighted by Gasteiger charge is 2.12. The molecule has 0 bridgehead atoms. The van der Waals surface area contributed by atoms with E-state index in [9.17, 15) is 0 Å². The van der Waals surface area contributed by atoms with E-state index in [4.69, 9.17) is 29.7 Å². The molecule has 0 aromatic heterocycles. The molecule has 0 aliphatic heterocycles. The fourth-order valence-electron chi connectivity index (χ4n) is 1.02. The maximum absolute atomic E-state index is 9.08. The zero-order valence-corrected chi connectivity index (χ0v) is 11.7. The zero-order valence-electron chi connectivity index (χ0n) is 8.72. The summed E-state index contributed by atoms with van der Waals surface area (Å²) in [6, 6.07) is 6.75. The topological polar surface area (TPSA) is 38.7 Å². The third-order valence-corrected chi connectivity index (χ3v) is 2.49. The molecule has 0 fully saturated rings. The molecule has 1 rings (SSSR count). The van der Waals surface area contributed by atoms with E-state index in [1.54, 1.807) is 24.3 Å². The first kappa shape index (κ1) is 14.8. The predicted octanol–water partition coefficient (Wildman–Crippen LogP) is 1.37. The molecular weight excluding hydrogens is 349 g/mol. The van der Waals surface area contributed by atoms with Crippen LogP contribution in [0, 0.1) is 11.8 Å². The van der Waals surface area contributed by atoms with Crippen LogP contribution in [0.15, 0.2) is 24.3 Å². The van der Waals surface area contributed by atoms with E-state index in [2.05, 4.69) is 11.8 Å². The second-order valence-electron chi connectivity index (χ2n) is 3.01. The van der Waals surface area contributed by atoms with E-state index < -0.39 is 5.59 Å². The lowest BCUT2D eigenvalue weighted by molar-refractivity contribution is 0.0128. The highest BCUT2D eigenvalue weighted by molar-refractivity contribution is 14.2. The van der Waals surface area contributed by atoms with Crippen molar-refractivity contribution >= 4 is 46.1 Å². The fraction of sp³-hybridized carbons (Fsp3) is 0.200. The van der Waals surface area contributed by atoms with Crippen LogP contribution in [0.5, 0.6) is 5.75 Å². The van der Waals surface area contributed by atoms with Crippen LogP contribution in [0.4, 0.5) is 0 Å². The lowest BCUT2D eigenvalue weighted by Gasteiger charge is -2.21. The maximum atomic E-state index is 9.08. The van der Waals surface area contributed by atoms with Crippen LogP contribution in [0.1, 0.15) is 5.56 Å². The van der Waals surface area contributed by atoms with Gasteiger partial charge in [-0.05, 0) is 18.2 Å². The second-order valence-corrected chi connectivity index (χ2v) is 4.45. The summed E-state index contributed by atoms with van der Waals surface area (Å²) in [5.74, 6) is 6.03. The van der Waals surface area contributed by atoms with E-state index in [0.717, 1.165) is 0 Å². The zero-order chi connectivity index (χ0) is 12.7. The van der Waals surface area contributed by atoms with Gasteiger partial charge in [0.15, 0.2) is 15.7 Å². The van der Waals surface area contributed by atoms with Gasteiger partial charge in [-0.1, -0.05) is 17.9 Å². The Labute approximate surface area is 119 Å². The number of rotatable bonds is 4. The molecule has 0 saturated carbocycles. The third kappa shape index (κ3) is 6.88. The first-order valence-electron chi connectivity index (χ1n) is 4.49. The van der Waals surface area contributed by atoms with Crippen molar-refractivity contribution in [2.45, 2.75) is 5.59 Å². The lowest BCUT2D eigenvalue weighted by atomic mass is 9.76. The van der Waals surface area contributed by atoms with Gasteiger partial charge in [0.25, 0.3) is 0 Å². The molecule has 7 heteroatoms. The maximum Gasteiger partial charge on any atom is 0.156 e. The summed E-state index contributed by atoms with van der Waals surface area (Å²) in [5.41, 5.74) is -1.47. The minimum atomic E-state index is -2.19. The van der Waals surface area contributed by atoms with E-state index in [-0.39, 0.29) is 0 Å². The van der Waals surface area contributed by atoms with E-state index in [1.165, 1.54) is 9.21 Å². The molecule has 4 radical (unpaired) electrons. The quantitative estimate of drug-likeness (QED) is 0.221. The summed E-state index contributed by atoms with van der Waals surface area (Å²) in [6.45, 7) is 0.330. The van der Waals surface area contributed by atoms with Crippen molar-refractivity contribution in [2.75, 3.05) is 6.61 Å². The largest absolute Gasteiger partial charge is 0.482 e. The Morgan fingerprint density at radius 3 is 2.88 bits per heavy atom. The van der Waals surface area contributed by atoms with Crippen molar-refractivity contribution in [3.8, 4) is 17.6 Å². The van der Waals surface area contributed by atoms with Crippen LogP contribution < -0.4 is 4.74 Å². The second kappa shape index (κ2) is 7.21. The monoisotopic (exact) mass is 356 g/mol. The van der Waals surface area contributed by atoms with Crippen molar-refractivity contribution in [1.82, 2.24) is 0 Å². The molecule has 0 spiro atoms. The molecule has 3 nitrogen and oxygen atoms in total. The molecule has 1 aromatic rings. The third-order valence-electron chi connectivity index (χ3n) is 1.52. The SMILES string of the molecule is [B]C([B])(O)Oc1cccc(C#CCOSI)c1. The number of benzene rings is 1. The van der Waals surface area contributed by atoms with Crippen molar-refractivity contribution in [3.63, 3.8) is 0 Å². The molecular formula is C10H7B2IO3S. The Kier molecular flexibility index (Phi) is 6.27. The van der Waals surface area contributed by atoms with Gasteiger partial charge in [-0.25, -0.2) is 0 Å². The van der Waals surface area contributed by atoms with Gasteiger partial charge in [0.1, 0.15) is 17.9 Å². The Balaban J connectivity index is 2.68. The van der Waals surface area contributed by atoms with Crippen LogP contribution in [-0.2, 0) is 4.18 Å². The van der Waals surface area contributed by atoms with Crippen LogP contribution in [0.3, 0.4) is 0 Å². The lowest BCUT2D eigenvalue weighted by Crippen LogP contribution is -2.36. The molecule has 1 aromatic carbocycles. The van der Waals surface area contributed by atoms with Gasteiger partial charge in [0.2, 0.25) is 0 Å². The van der Waals surface area contributed by atoms with Crippen LogP contribution in [0.25, 0.3) is 0 Å². The van der Waals surface area contributed by atoms with Crippen LogP contribution >= 0.6 is 30.4 Å². The Morgan fingerprint density at radius 1 is 1.47 bits per heavy atom. The number of hydrogen-bond donors (Lipinski definition) is 1. The molecule has 0 aliphatic rings. The van der Waals surface area contributed by atoms with Gasteiger partial charge in [-0.15, -0.1) is 0 Å². The smallest absolute Gasteiger partial charge is 0.156 e. The molecule has 0 saturated heterocycles. The molecule has 0 heterocycles. The fourth-order valence-corrected chi connectivity index (χ4v) is 1.50. The molecule has 0 atom stereocenters. The number of aliphatic hydroxyl groups is 1. The van der Waals surface area contributed by atoms with E-state index in [0.29, 0.717) is 17.9 Å². The van der Waals surface area contributed by atoms with Crippen LogP contribution in [-0.4, -0.2) is 33.0 Å². The normalized spacial score (nSPS) is 10.5. The molecule has 84 valence electrons.